The van der Waals surface area contributed by atoms with E-state index in [0.717, 1.165) is 33.4 Å². The van der Waals surface area contributed by atoms with E-state index in [9.17, 15) is 4.79 Å². The van der Waals surface area contributed by atoms with Crippen molar-refractivity contribution in [3.63, 3.8) is 0 Å². The van der Waals surface area contributed by atoms with E-state index in [0.29, 0.717) is 42.9 Å². The fraction of sp³-hybridized carbons (Fsp3) is 0.320. The minimum atomic E-state index is -0.336. The molecule has 4 heterocycles. The Labute approximate surface area is 191 Å². The molecule has 4 aromatic rings. The Hall–Kier alpha value is -3.65. The summed E-state index contributed by atoms with van der Waals surface area (Å²) in [6.07, 6.45) is -0.336. The van der Waals surface area contributed by atoms with E-state index < -0.39 is 0 Å². The van der Waals surface area contributed by atoms with E-state index in [4.69, 9.17) is 13.7 Å². The molecule has 1 aromatic carbocycles. The maximum absolute atomic E-state index is 13.4. The fourth-order valence-electron chi connectivity index (χ4n) is 4.14. The molecule has 0 spiro atoms. The lowest BCUT2D eigenvalue weighted by atomic mass is 10.0. The molecule has 1 N–H and O–H groups in total. The van der Waals surface area contributed by atoms with Crippen molar-refractivity contribution in [2.45, 2.75) is 33.8 Å². The Bertz CT molecular complexity index is 1340. The van der Waals surface area contributed by atoms with Gasteiger partial charge >= 0.3 is 0 Å². The summed E-state index contributed by atoms with van der Waals surface area (Å²) in [5.74, 6) is 2.20. The molecule has 8 heteroatoms. The SMILES string of the molecule is Cc1cc(Nc2cccc(C3CN(C(=O)c4oc5c(C)c(C)ccc5c4C)CCO3)n2)no1. The first-order valence-corrected chi connectivity index (χ1v) is 11.0. The van der Waals surface area contributed by atoms with Crippen LogP contribution < -0.4 is 5.32 Å². The highest BCUT2D eigenvalue weighted by Gasteiger charge is 2.30. The van der Waals surface area contributed by atoms with Crippen LogP contribution in [0.5, 0.6) is 0 Å². The zero-order valence-electron chi connectivity index (χ0n) is 19.1. The number of aromatic nitrogens is 2. The second-order valence-corrected chi connectivity index (χ2v) is 8.45. The van der Waals surface area contributed by atoms with Gasteiger partial charge in [-0.15, -0.1) is 0 Å². The normalized spacial score (nSPS) is 16.4. The zero-order valence-corrected chi connectivity index (χ0v) is 19.1. The number of carbonyl (C=O) groups excluding carboxylic acids is 1. The van der Waals surface area contributed by atoms with Gasteiger partial charge in [0.1, 0.15) is 23.3 Å². The number of nitrogens with one attached hydrogen (secondary N) is 1. The number of ether oxygens (including phenoxy) is 1. The summed E-state index contributed by atoms with van der Waals surface area (Å²) in [5, 5.41) is 8.05. The minimum Gasteiger partial charge on any atom is -0.450 e. The fourth-order valence-corrected chi connectivity index (χ4v) is 4.14. The molecule has 1 atom stereocenters. The lowest BCUT2D eigenvalue weighted by Crippen LogP contribution is -2.42. The van der Waals surface area contributed by atoms with Crippen LogP contribution in [0.1, 0.15) is 44.8 Å². The molecular weight excluding hydrogens is 420 g/mol. The molecule has 33 heavy (non-hydrogen) atoms. The van der Waals surface area contributed by atoms with Gasteiger partial charge in [0.25, 0.3) is 5.91 Å². The third-order valence-corrected chi connectivity index (χ3v) is 6.16. The topological polar surface area (TPSA) is 93.6 Å². The lowest BCUT2D eigenvalue weighted by Gasteiger charge is -2.32. The van der Waals surface area contributed by atoms with Crippen molar-refractivity contribution in [3.8, 4) is 0 Å². The molecule has 170 valence electrons. The van der Waals surface area contributed by atoms with Crippen LogP contribution in [-0.2, 0) is 4.74 Å². The van der Waals surface area contributed by atoms with Crippen molar-refractivity contribution in [1.29, 1.82) is 0 Å². The molecule has 1 unspecified atom stereocenters. The molecule has 1 saturated heterocycles. The predicted molar refractivity (Wildman–Crippen MR) is 124 cm³/mol. The number of furan rings is 1. The van der Waals surface area contributed by atoms with Crippen LogP contribution in [0.3, 0.4) is 0 Å². The van der Waals surface area contributed by atoms with Gasteiger partial charge in [-0.2, -0.15) is 0 Å². The van der Waals surface area contributed by atoms with Gasteiger partial charge < -0.3 is 23.9 Å². The van der Waals surface area contributed by atoms with Crippen LogP contribution in [0.2, 0.25) is 0 Å². The molecule has 1 fully saturated rings. The first-order valence-electron chi connectivity index (χ1n) is 11.0. The van der Waals surface area contributed by atoms with Crippen molar-refractivity contribution in [2.75, 3.05) is 25.0 Å². The Morgan fingerprint density at radius 3 is 2.73 bits per heavy atom. The van der Waals surface area contributed by atoms with E-state index in [1.165, 1.54) is 0 Å². The molecule has 1 aliphatic heterocycles. The molecule has 3 aromatic heterocycles. The van der Waals surface area contributed by atoms with Crippen molar-refractivity contribution in [3.05, 3.63) is 70.3 Å². The third-order valence-electron chi connectivity index (χ3n) is 6.16. The van der Waals surface area contributed by atoms with Gasteiger partial charge in [-0.25, -0.2) is 4.98 Å². The summed E-state index contributed by atoms with van der Waals surface area (Å²) < 4.78 is 17.1. The number of amides is 1. The average molecular weight is 447 g/mol. The van der Waals surface area contributed by atoms with Crippen molar-refractivity contribution >= 4 is 28.5 Å². The van der Waals surface area contributed by atoms with Gasteiger partial charge in [0.2, 0.25) is 0 Å². The molecule has 8 nitrogen and oxygen atoms in total. The van der Waals surface area contributed by atoms with Gasteiger partial charge in [-0.1, -0.05) is 23.4 Å². The number of fused-ring (bicyclic) bond motifs is 1. The van der Waals surface area contributed by atoms with Gasteiger partial charge in [0.05, 0.1) is 18.8 Å². The molecule has 0 aliphatic carbocycles. The van der Waals surface area contributed by atoms with Crippen LogP contribution in [0.4, 0.5) is 11.6 Å². The number of rotatable bonds is 4. The number of pyridine rings is 1. The summed E-state index contributed by atoms with van der Waals surface area (Å²) >= 11 is 0. The van der Waals surface area contributed by atoms with Crippen LogP contribution in [-0.4, -0.2) is 40.6 Å². The van der Waals surface area contributed by atoms with Crippen LogP contribution in [0.25, 0.3) is 11.0 Å². The van der Waals surface area contributed by atoms with E-state index in [2.05, 4.69) is 21.5 Å². The maximum Gasteiger partial charge on any atom is 0.290 e. The highest BCUT2D eigenvalue weighted by atomic mass is 16.5. The second kappa shape index (κ2) is 8.37. The summed E-state index contributed by atoms with van der Waals surface area (Å²) in [6.45, 7) is 9.15. The maximum atomic E-state index is 13.4. The Morgan fingerprint density at radius 1 is 1.09 bits per heavy atom. The molecule has 5 rings (SSSR count). The summed E-state index contributed by atoms with van der Waals surface area (Å²) in [6, 6.07) is 11.5. The van der Waals surface area contributed by atoms with Gasteiger partial charge in [0, 0.05) is 23.6 Å². The number of aryl methyl sites for hydroxylation is 4. The number of nitrogens with zero attached hydrogens (tertiary/aromatic N) is 3. The second-order valence-electron chi connectivity index (χ2n) is 8.45. The largest absolute Gasteiger partial charge is 0.450 e. The van der Waals surface area contributed by atoms with Gasteiger partial charge in [0.15, 0.2) is 11.6 Å². The molecule has 1 amide bonds. The van der Waals surface area contributed by atoms with E-state index >= 15 is 0 Å². The zero-order chi connectivity index (χ0) is 23.1. The molecule has 0 radical (unpaired) electrons. The van der Waals surface area contributed by atoms with Crippen LogP contribution in [0.15, 0.2) is 45.3 Å². The van der Waals surface area contributed by atoms with Crippen LogP contribution in [0, 0.1) is 27.7 Å². The molecule has 1 aliphatic rings. The quantitative estimate of drug-likeness (QED) is 0.471. The Balaban J connectivity index is 1.36. The number of benzene rings is 1. The Morgan fingerprint density at radius 2 is 1.94 bits per heavy atom. The highest BCUT2D eigenvalue weighted by molar-refractivity contribution is 5.99. The third kappa shape index (κ3) is 3.98. The van der Waals surface area contributed by atoms with E-state index in [1.807, 2.05) is 52.0 Å². The monoisotopic (exact) mass is 446 g/mol. The Kier molecular flexibility index (Phi) is 5.38. The molecule has 0 saturated carbocycles. The summed E-state index contributed by atoms with van der Waals surface area (Å²) in [4.78, 5) is 19.8. The average Bonchev–Trinajstić information content (AvgIpc) is 3.39. The van der Waals surface area contributed by atoms with Gasteiger partial charge in [-0.05, 0) is 51.0 Å². The van der Waals surface area contributed by atoms with E-state index in [1.54, 1.807) is 11.0 Å². The van der Waals surface area contributed by atoms with Crippen molar-refractivity contribution in [2.24, 2.45) is 0 Å². The lowest BCUT2D eigenvalue weighted by molar-refractivity contribution is -0.0255. The number of carbonyl (C=O) groups is 1. The molecule has 0 bridgehead atoms. The van der Waals surface area contributed by atoms with Crippen molar-refractivity contribution in [1.82, 2.24) is 15.0 Å². The molecular formula is C25H26N4O4. The standard InChI is InChI=1S/C25H26N4O4/c1-14-8-9-18-17(4)24(32-23(18)16(14)3)25(30)29-10-11-31-20(13-29)19-6-5-7-21(26-19)27-22-12-15(2)33-28-22/h5-9,12,20H,10-11,13H2,1-4H3,(H,26,27,28). The number of hydrogen-bond donors (Lipinski definition) is 1. The van der Waals surface area contributed by atoms with E-state index in [-0.39, 0.29) is 12.0 Å². The smallest absolute Gasteiger partial charge is 0.290 e. The first kappa shape index (κ1) is 21.2. The van der Waals surface area contributed by atoms with Crippen molar-refractivity contribution < 1.29 is 18.5 Å². The summed E-state index contributed by atoms with van der Waals surface area (Å²) in [7, 11) is 0. The predicted octanol–water partition coefficient (Wildman–Crippen LogP) is 5.01. The number of morpholine rings is 1. The number of hydrogen-bond acceptors (Lipinski definition) is 7. The summed E-state index contributed by atoms with van der Waals surface area (Å²) in [5.41, 5.74) is 4.59. The highest BCUT2D eigenvalue weighted by Crippen LogP contribution is 2.31. The van der Waals surface area contributed by atoms with Gasteiger partial charge in [-0.3, -0.25) is 4.79 Å². The minimum absolute atomic E-state index is 0.124. The van der Waals surface area contributed by atoms with Crippen LogP contribution >= 0.6 is 0 Å². The first-order chi connectivity index (χ1) is 15.9. The number of anilines is 2.